The van der Waals surface area contributed by atoms with Crippen LogP contribution in [0.1, 0.15) is 12.6 Å². The van der Waals surface area contributed by atoms with Crippen molar-refractivity contribution in [3.8, 4) is 0 Å². The van der Waals surface area contributed by atoms with Gasteiger partial charge in [0.15, 0.2) is 0 Å². The second-order valence-electron chi connectivity index (χ2n) is 4.84. The molecular formula is C13H12N8O. The smallest absolute Gasteiger partial charge is 0.223 e. The molecule has 0 unspecified atom stereocenters. The molecule has 0 saturated carbocycles. The number of hydrogen-bond acceptors (Lipinski definition) is 5. The van der Waals surface area contributed by atoms with Crippen molar-refractivity contribution >= 4 is 39.6 Å². The molecule has 0 aliphatic rings. The molecule has 2 heterocycles. The standard InChI is InChI=1S/C13H12N8O/c1-6-5-15-10-8(19-20-14)4-9-11(12(10)16-6)18-13(21(9)3)17-7(2)22/h4-5H,1-3H3,(H,17,18,22). The average Bonchev–Trinajstić information content (AvgIpc) is 2.76. The van der Waals surface area contributed by atoms with E-state index in [1.807, 2.05) is 6.92 Å². The first-order valence-corrected chi connectivity index (χ1v) is 6.46. The Morgan fingerprint density at radius 3 is 2.82 bits per heavy atom. The summed E-state index contributed by atoms with van der Waals surface area (Å²) in [6.07, 6.45) is 1.60. The van der Waals surface area contributed by atoms with Crippen molar-refractivity contribution in [3.05, 3.63) is 28.4 Å². The largest absolute Gasteiger partial charge is 0.313 e. The second-order valence-corrected chi connectivity index (χ2v) is 4.84. The summed E-state index contributed by atoms with van der Waals surface area (Å²) in [5.41, 5.74) is 12.1. The van der Waals surface area contributed by atoms with Crippen molar-refractivity contribution in [1.82, 2.24) is 19.5 Å². The van der Waals surface area contributed by atoms with Gasteiger partial charge < -0.3 is 4.57 Å². The van der Waals surface area contributed by atoms with E-state index < -0.39 is 0 Å². The van der Waals surface area contributed by atoms with Crippen molar-refractivity contribution in [1.29, 1.82) is 0 Å². The molecule has 0 atom stereocenters. The fourth-order valence-electron chi connectivity index (χ4n) is 2.27. The number of amides is 1. The molecule has 3 rings (SSSR count). The molecule has 0 fully saturated rings. The van der Waals surface area contributed by atoms with Gasteiger partial charge in [0.25, 0.3) is 0 Å². The Labute approximate surface area is 124 Å². The number of imidazole rings is 1. The van der Waals surface area contributed by atoms with Crippen LogP contribution in [0.3, 0.4) is 0 Å². The predicted octanol–water partition coefficient (Wildman–Crippen LogP) is 2.73. The lowest BCUT2D eigenvalue weighted by atomic mass is 10.2. The molecule has 9 nitrogen and oxygen atoms in total. The molecule has 0 saturated heterocycles. The number of azide groups is 1. The molecule has 1 amide bonds. The van der Waals surface area contributed by atoms with Gasteiger partial charge in [-0.1, -0.05) is 5.11 Å². The van der Waals surface area contributed by atoms with Crippen molar-refractivity contribution < 1.29 is 4.79 Å². The van der Waals surface area contributed by atoms with Crippen LogP contribution in [0, 0.1) is 6.92 Å². The van der Waals surface area contributed by atoms with E-state index in [0.717, 1.165) is 5.69 Å². The first-order chi connectivity index (χ1) is 10.5. The minimum absolute atomic E-state index is 0.222. The molecule has 1 N–H and O–H groups in total. The molecule has 0 aliphatic carbocycles. The van der Waals surface area contributed by atoms with Gasteiger partial charge in [0, 0.05) is 25.1 Å². The minimum Gasteiger partial charge on any atom is -0.313 e. The Bertz CT molecular complexity index is 967. The molecule has 1 aromatic carbocycles. The Morgan fingerprint density at radius 2 is 2.14 bits per heavy atom. The fourth-order valence-corrected chi connectivity index (χ4v) is 2.27. The summed E-state index contributed by atoms with van der Waals surface area (Å²) in [5, 5.41) is 6.33. The van der Waals surface area contributed by atoms with E-state index in [2.05, 4.69) is 30.3 Å². The van der Waals surface area contributed by atoms with Crippen molar-refractivity contribution in [2.75, 3.05) is 5.32 Å². The van der Waals surface area contributed by atoms with Crippen LogP contribution in [0.2, 0.25) is 0 Å². The van der Waals surface area contributed by atoms with Crippen LogP contribution in [0.25, 0.3) is 32.5 Å². The highest BCUT2D eigenvalue weighted by Crippen LogP contribution is 2.32. The number of hydrogen-bond donors (Lipinski definition) is 1. The predicted molar refractivity (Wildman–Crippen MR) is 81.7 cm³/mol. The lowest BCUT2D eigenvalue weighted by molar-refractivity contribution is -0.114. The van der Waals surface area contributed by atoms with Gasteiger partial charge in [-0.15, -0.1) is 0 Å². The zero-order valence-corrected chi connectivity index (χ0v) is 12.2. The maximum atomic E-state index is 11.3. The number of carbonyl (C=O) groups is 1. The van der Waals surface area contributed by atoms with Crippen LogP contribution in [0.5, 0.6) is 0 Å². The van der Waals surface area contributed by atoms with Gasteiger partial charge >= 0.3 is 0 Å². The molecule has 110 valence electrons. The van der Waals surface area contributed by atoms with Crippen LogP contribution in [-0.4, -0.2) is 25.4 Å². The maximum absolute atomic E-state index is 11.3. The number of fused-ring (bicyclic) bond motifs is 3. The number of carbonyl (C=O) groups excluding carboxylic acids is 1. The van der Waals surface area contributed by atoms with Crippen LogP contribution >= 0.6 is 0 Å². The summed E-state index contributed by atoms with van der Waals surface area (Å²) >= 11 is 0. The van der Waals surface area contributed by atoms with E-state index in [1.54, 1.807) is 23.9 Å². The molecule has 0 spiro atoms. The van der Waals surface area contributed by atoms with Gasteiger partial charge in [0.05, 0.1) is 16.9 Å². The molecule has 2 aromatic heterocycles. The van der Waals surface area contributed by atoms with Gasteiger partial charge in [-0.3, -0.25) is 15.1 Å². The Balaban J connectivity index is 2.45. The van der Waals surface area contributed by atoms with E-state index in [9.17, 15) is 4.79 Å². The molecule has 22 heavy (non-hydrogen) atoms. The zero-order valence-electron chi connectivity index (χ0n) is 12.2. The van der Waals surface area contributed by atoms with E-state index in [-0.39, 0.29) is 5.91 Å². The van der Waals surface area contributed by atoms with Gasteiger partial charge in [-0.25, -0.2) is 9.97 Å². The molecular weight excluding hydrogens is 284 g/mol. The first kappa shape index (κ1) is 13.8. The molecule has 0 radical (unpaired) electrons. The number of nitrogens with zero attached hydrogens (tertiary/aromatic N) is 7. The zero-order chi connectivity index (χ0) is 15.9. The quantitative estimate of drug-likeness (QED) is 0.443. The third-order valence-corrected chi connectivity index (χ3v) is 3.21. The van der Waals surface area contributed by atoms with Crippen molar-refractivity contribution in [3.63, 3.8) is 0 Å². The topological polar surface area (TPSA) is 121 Å². The first-order valence-electron chi connectivity index (χ1n) is 6.46. The SMILES string of the molecule is CC(=O)Nc1nc2c3nc(C)cnc3c(N=[N+]=[N-])cc2n1C. The van der Waals surface area contributed by atoms with Gasteiger partial charge in [-0.05, 0) is 18.5 Å². The number of rotatable bonds is 2. The van der Waals surface area contributed by atoms with Crippen LogP contribution in [-0.2, 0) is 11.8 Å². The van der Waals surface area contributed by atoms with Crippen molar-refractivity contribution in [2.24, 2.45) is 12.2 Å². The molecule has 9 heteroatoms. The summed E-state index contributed by atoms with van der Waals surface area (Å²) in [6, 6.07) is 1.68. The third kappa shape index (κ3) is 2.09. The highest BCUT2D eigenvalue weighted by Gasteiger charge is 2.16. The summed E-state index contributed by atoms with van der Waals surface area (Å²) in [7, 11) is 1.76. The van der Waals surface area contributed by atoms with Crippen molar-refractivity contribution in [2.45, 2.75) is 13.8 Å². The summed E-state index contributed by atoms with van der Waals surface area (Å²) in [4.78, 5) is 27.2. The van der Waals surface area contributed by atoms with Crippen LogP contribution in [0.15, 0.2) is 17.4 Å². The van der Waals surface area contributed by atoms with Crippen LogP contribution in [0.4, 0.5) is 11.6 Å². The molecule has 3 aromatic rings. The third-order valence-electron chi connectivity index (χ3n) is 3.21. The lowest BCUT2D eigenvalue weighted by Crippen LogP contribution is -2.10. The maximum Gasteiger partial charge on any atom is 0.223 e. The van der Waals surface area contributed by atoms with Gasteiger partial charge in [0.1, 0.15) is 16.6 Å². The van der Waals surface area contributed by atoms with E-state index in [1.165, 1.54) is 6.92 Å². The normalized spacial score (nSPS) is 10.7. The molecule has 0 bridgehead atoms. The van der Waals surface area contributed by atoms with Gasteiger partial charge in [0.2, 0.25) is 11.9 Å². The fraction of sp³-hybridized carbons (Fsp3) is 0.231. The number of nitrogens with one attached hydrogen (secondary N) is 1. The van der Waals surface area contributed by atoms with E-state index in [4.69, 9.17) is 5.53 Å². The number of benzene rings is 1. The van der Waals surface area contributed by atoms with Crippen LogP contribution < -0.4 is 5.32 Å². The molecule has 0 aliphatic heterocycles. The monoisotopic (exact) mass is 296 g/mol. The number of aryl methyl sites for hydroxylation is 2. The Kier molecular flexibility index (Phi) is 3.11. The van der Waals surface area contributed by atoms with E-state index >= 15 is 0 Å². The summed E-state index contributed by atoms with van der Waals surface area (Å²) in [5.74, 6) is 0.172. The Morgan fingerprint density at radius 1 is 1.36 bits per heavy atom. The second kappa shape index (κ2) is 4.97. The highest BCUT2D eigenvalue weighted by molar-refractivity contribution is 6.07. The van der Waals surface area contributed by atoms with Gasteiger partial charge in [-0.2, -0.15) is 0 Å². The number of anilines is 1. The summed E-state index contributed by atoms with van der Waals surface area (Å²) < 4.78 is 1.70. The van der Waals surface area contributed by atoms with E-state index in [0.29, 0.717) is 33.7 Å². The minimum atomic E-state index is -0.222. The number of aromatic nitrogens is 4. The highest BCUT2D eigenvalue weighted by atomic mass is 16.1. The Hall–Kier alpha value is -3.19. The average molecular weight is 296 g/mol. The summed E-state index contributed by atoms with van der Waals surface area (Å²) in [6.45, 7) is 3.23. The lowest BCUT2D eigenvalue weighted by Gasteiger charge is -2.04.